The molecular weight excluding hydrogens is 623 g/mol. The number of thiophene rings is 1. The minimum absolute atomic E-state index is 0.0162. The van der Waals surface area contributed by atoms with Gasteiger partial charge < -0.3 is 18.8 Å². The first kappa shape index (κ1) is 30.1. The molecule has 0 spiro atoms. The number of methoxy groups -OCH3 is 1. The summed E-state index contributed by atoms with van der Waals surface area (Å²) in [5.74, 6) is 0.220. The van der Waals surface area contributed by atoms with Crippen molar-refractivity contribution in [1.29, 1.82) is 0 Å². The van der Waals surface area contributed by atoms with E-state index in [1.165, 1.54) is 6.07 Å². The van der Waals surface area contributed by atoms with E-state index in [0.717, 1.165) is 69.5 Å². The van der Waals surface area contributed by atoms with Crippen molar-refractivity contribution in [3.05, 3.63) is 96.3 Å². The Hall–Kier alpha value is -4.62. The number of aromatic amines is 1. The molecule has 0 unspecified atom stereocenters. The Kier molecular flexibility index (Phi) is 8.26. The van der Waals surface area contributed by atoms with Crippen LogP contribution in [0.5, 0.6) is 5.75 Å². The number of piperazine rings is 1. The standard InChI is InChI=1S/C34H31N5O5S2/c1-43-19-18-38-14-16-39(17-15-38)34(40)25-6-4-23(5-7-25)28-22-36-33-32(31(28)24-10-12-35-13-11-24)27-21-26(8-9-29(27)37-33)44-46(41,42)30-3-2-20-45-30/h2-13,20-22H,14-19H2,1H3,(H,36,37). The summed E-state index contributed by atoms with van der Waals surface area (Å²) < 4.78 is 36.6. The zero-order valence-electron chi connectivity index (χ0n) is 25.0. The van der Waals surface area contributed by atoms with Crippen molar-refractivity contribution in [2.45, 2.75) is 4.21 Å². The van der Waals surface area contributed by atoms with Crippen LogP contribution >= 0.6 is 11.3 Å². The quantitative estimate of drug-likeness (QED) is 0.198. The monoisotopic (exact) mass is 653 g/mol. The van der Waals surface area contributed by atoms with E-state index in [1.54, 1.807) is 49.1 Å². The number of amides is 1. The number of aromatic nitrogens is 3. The summed E-state index contributed by atoms with van der Waals surface area (Å²) in [6, 6.07) is 19.8. The lowest BCUT2D eigenvalue weighted by molar-refractivity contribution is 0.0594. The van der Waals surface area contributed by atoms with Gasteiger partial charge in [0.05, 0.1) is 6.61 Å². The normalized spacial score (nSPS) is 14.2. The molecular formula is C34H31N5O5S2. The number of pyridine rings is 2. The summed E-state index contributed by atoms with van der Waals surface area (Å²) >= 11 is 1.10. The van der Waals surface area contributed by atoms with Crippen LogP contribution in [0, 0.1) is 0 Å². The van der Waals surface area contributed by atoms with Crippen molar-refractivity contribution in [3.8, 4) is 28.0 Å². The highest BCUT2D eigenvalue weighted by atomic mass is 32.3. The van der Waals surface area contributed by atoms with E-state index >= 15 is 0 Å². The minimum Gasteiger partial charge on any atom is -0.383 e. The van der Waals surface area contributed by atoms with Crippen LogP contribution in [0.4, 0.5) is 0 Å². The average Bonchev–Trinajstić information content (AvgIpc) is 3.77. The van der Waals surface area contributed by atoms with Crippen molar-refractivity contribution in [1.82, 2.24) is 24.8 Å². The van der Waals surface area contributed by atoms with E-state index in [1.807, 2.05) is 47.5 Å². The smallest absolute Gasteiger partial charge is 0.348 e. The highest BCUT2D eigenvalue weighted by Crippen LogP contribution is 2.41. The number of hydrogen-bond donors (Lipinski definition) is 1. The van der Waals surface area contributed by atoms with Gasteiger partial charge in [-0.25, -0.2) is 4.98 Å². The zero-order chi connectivity index (χ0) is 31.7. The van der Waals surface area contributed by atoms with Crippen LogP contribution in [-0.4, -0.2) is 85.5 Å². The maximum Gasteiger partial charge on any atom is 0.348 e. The Morgan fingerprint density at radius 3 is 2.48 bits per heavy atom. The first-order chi connectivity index (χ1) is 22.4. The molecule has 1 aliphatic heterocycles. The lowest BCUT2D eigenvalue weighted by Crippen LogP contribution is -2.49. The van der Waals surface area contributed by atoms with Crippen LogP contribution in [0.3, 0.4) is 0 Å². The second-order valence-corrected chi connectivity index (χ2v) is 13.7. The van der Waals surface area contributed by atoms with Gasteiger partial charge in [0.15, 0.2) is 4.21 Å². The van der Waals surface area contributed by atoms with E-state index in [4.69, 9.17) is 13.9 Å². The summed E-state index contributed by atoms with van der Waals surface area (Å²) in [4.78, 5) is 29.9. The number of H-pyrrole nitrogens is 1. The number of carbonyl (C=O) groups is 1. The number of hydrogen-bond acceptors (Lipinski definition) is 9. The molecule has 0 saturated carbocycles. The number of nitrogens with one attached hydrogen (secondary N) is 1. The first-order valence-electron chi connectivity index (χ1n) is 14.8. The third kappa shape index (κ3) is 5.87. The van der Waals surface area contributed by atoms with Crippen molar-refractivity contribution in [2.24, 2.45) is 0 Å². The number of fused-ring (bicyclic) bond motifs is 3. The fourth-order valence-corrected chi connectivity index (χ4v) is 7.74. The Morgan fingerprint density at radius 1 is 0.978 bits per heavy atom. The third-order valence-electron chi connectivity index (χ3n) is 8.22. The highest BCUT2D eigenvalue weighted by molar-refractivity contribution is 7.89. The summed E-state index contributed by atoms with van der Waals surface area (Å²) in [7, 11) is -2.27. The fraction of sp³-hybridized carbons (Fsp3) is 0.206. The van der Waals surface area contributed by atoms with Gasteiger partial charge in [0.25, 0.3) is 5.91 Å². The molecule has 7 rings (SSSR count). The molecule has 234 valence electrons. The van der Waals surface area contributed by atoms with Gasteiger partial charge in [-0.2, -0.15) is 8.42 Å². The molecule has 1 saturated heterocycles. The van der Waals surface area contributed by atoms with Crippen molar-refractivity contribution >= 4 is 49.3 Å². The minimum atomic E-state index is -3.97. The van der Waals surface area contributed by atoms with Gasteiger partial charge in [0, 0.05) is 91.4 Å². The summed E-state index contributed by atoms with van der Waals surface area (Å²) in [5, 5.41) is 3.29. The van der Waals surface area contributed by atoms with Gasteiger partial charge in [-0.1, -0.05) is 18.2 Å². The fourth-order valence-electron chi connectivity index (χ4n) is 5.87. The Bertz CT molecular complexity index is 2110. The zero-order valence-corrected chi connectivity index (χ0v) is 26.7. The second kappa shape index (κ2) is 12.6. The average molecular weight is 654 g/mol. The molecule has 0 radical (unpaired) electrons. The lowest BCUT2D eigenvalue weighted by Gasteiger charge is -2.34. The van der Waals surface area contributed by atoms with E-state index in [-0.39, 0.29) is 15.9 Å². The van der Waals surface area contributed by atoms with Crippen LogP contribution in [0.15, 0.2) is 94.9 Å². The maximum atomic E-state index is 13.4. The van der Waals surface area contributed by atoms with Crippen molar-refractivity contribution < 1.29 is 22.1 Å². The molecule has 0 aliphatic carbocycles. The Balaban J connectivity index is 1.25. The van der Waals surface area contributed by atoms with Gasteiger partial charge in [-0.3, -0.25) is 14.7 Å². The molecule has 0 bridgehead atoms. The summed E-state index contributed by atoms with van der Waals surface area (Å²) in [6.07, 6.45) is 5.29. The van der Waals surface area contributed by atoms with Crippen LogP contribution in [0.25, 0.3) is 44.2 Å². The molecule has 2 aromatic carbocycles. The lowest BCUT2D eigenvalue weighted by atomic mass is 9.93. The van der Waals surface area contributed by atoms with Crippen LogP contribution in [-0.2, 0) is 14.9 Å². The molecule has 0 atom stereocenters. The molecule has 1 amide bonds. The number of rotatable bonds is 9. The second-order valence-electron chi connectivity index (χ2n) is 11.0. The predicted molar refractivity (Wildman–Crippen MR) is 179 cm³/mol. The molecule has 46 heavy (non-hydrogen) atoms. The van der Waals surface area contributed by atoms with Crippen LogP contribution in [0.1, 0.15) is 10.4 Å². The topological polar surface area (TPSA) is 118 Å². The molecule has 1 fully saturated rings. The van der Waals surface area contributed by atoms with Gasteiger partial charge in [-0.15, -0.1) is 11.3 Å². The highest BCUT2D eigenvalue weighted by Gasteiger charge is 2.24. The van der Waals surface area contributed by atoms with Gasteiger partial charge in [0.1, 0.15) is 11.4 Å². The molecule has 5 heterocycles. The largest absolute Gasteiger partial charge is 0.383 e. The number of ether oxygens (including phenoxy) is 1. The molecule has 1 N–H and O–H groups in total. The van der Waals surface area contributed by atoms with E-state index in [9.17, 15) is 13.2 Å². The first-order valence-corrected chi connectivity index (χ1v) is 17.1. The molecule has 6 aromatic rings. The molecule has 12 heteroatoms. The van der Waals surface area contributed by atoms with Crippen molar-refractivity contribution in [3.63, 3.8) is 0 Å². The number of carbonyl (C=O) groups excluding carboxylic acids is 1. The van der Waals surface area contributed by atoms with Crippen molar-refractivity contribution in [2.75, 3.05) is 46.4 Å². The predicted octanol–water partition coefficient (Wildman–Crippen LogP) is 5.68. The van der Waals surface area contributed by atoms with E-state index < -0.39 is 10.1 Å². The molecule has 4 aromatic heterocycles. The third-order valence-corrected chi connectivity index (χ3v) is 10.8. The summed E-state index contributed by atoms with van der Waals surface area (Å²) in [5.41, 5.74) is 5.66. The maximum absolute atomic E-state index is 13.4. The molecule has 10 nitrogen and oxygen atoms in total. The Morgan fingerprint density at radius 2 is 1.76 bits per heavy atom. The van der Waals surface area contributed by atoms with Gasteiger partial charge >= 0.3 is 10.1 Å². The molecule has 1 aliphatic rings. The van der Waals surface area contributed by atoms with Crippen LogP contribution in [0.2, 0.25) is 0 Å². The number of benzene rings is 2. The van der Waals surface area contributed by atoms with E-state index in [2.05, 4.69) is 14.9 Å². The summed E-state index contributed by atoms with van der Waals surface area (Å²) in [6.45, 7) is 4.56. The van der Waals surface area contributed by atoms with Gasteiger partial charge in [-0.05, 0) is 65.0 Å². The number of nitrogens with zero attached hydrogens (tertiary/aromatic N) is 4. The van der Waals surface area contributed by atoms with Gasteiger partial charge in [0.2, 0.25) is 0 Å². The Labute approximate surface area is 270 Å². The van der Waals surface area contributed by atoms with Crippen LogP contribution < -0.4 is 4.18 Å². The van der Waals surface area contributed by atoms with E-state index in [0.29, 0.717) is 30.9 Å². The SMILES string of the molecule is COCCN1CCN(C(=O)c2ccc(-c3cnc4[nH]c5ccc(OS(=O)(=O)c6cccs6)cc5c4c3-c3ccncc3)cc2)CC1.